The minimum Gasteiger partial charge on any atom is -0.356 e. The summed E-state index contributed by atoms with van der Waals surface area (Å²) in [7, 11) is 0. The molecule has 15 heavy (non-hydrogen) atoms. The number of carbonyl (C=O) groups is 2. The predicted molar refractivity (Wildman–Crippen MR) is 54.6 cm³/mol. The van der Waals surface area contributed by atoms with Crippen LogP contribution < -0.4 is 16.0 Å². The lowest BCUT2D eigenvalue weighted by atomic mass is 10.3. The quantitative estimate of drug-likeness (QED) is 0.438. The van der Waals surface area contributed by atoms with Crippen LogP contribution in [0.1, 0.15) is 19.8 Å². The van der Waals surface area contributed by atoms with E-state index in [1.807, 2.05) is 6.92 Å². The highest BCUT2D eigenvalue weighted by atomic mass is 16.2. The van der Waals surface area contributed by atoms with Gasteiger partial charge in [0.2, 0.25) is 11.8 Å². The van der Waals surface area contributed by atoms with Crippen LogP contribution in [0.2, 0.25) is 0 Å². The van der Waals surface area contributed by atoms with E-state index in [1.54, 1.807) is 0 Å². The summed E-state index contributed by atoms with van der Waals surface area (Å²) in [4.78, 5) is 31.7. The van der Waals surface area contributed by atoms with Crippen LogP contribution in [-0.4, -0.2) is 37.9 Å². The Labute approximate surface area is 88.8 Å². The smallest absolute Gasteiger partial charge is 0.309 e. The van der Waals surface area contributed by atoms with Crippen molar-refractivity contribution in [2.75, 3.05) is 19.6 Å². The SMILES string of the molecule is CCCNC(=O)CCNC(=O)CN[C]=O. The van der Waals surface area contributed by atoms with Crippen molar-refractivity contribution in [3.63, 3.8) is 0 Å². The summed E-state index contributed by atoms with van der Waals surface area (Å²) >= 11 is 0. The highest BCUT2D eigenvalue weighted by molar-refractivity contribution is 5.81. The number of carbonyl (C=O) groups excluding carboxylic acids is 3. The van der Waals surface area contributed by atoms with Crippen molar-refractivity contribution in [3.05, 3.63) is 0 Å². The van der Waals surface area contributed by atoms with E-state index in [2.05, 4.69) is 16.0 Å². The summed E-state index contributed by atoms with van der Waals surface area (Å²) in [6.45, 7) is 2.77. The zero-order valence-electron chi connectivity index (χ0n) is 8.76. The zero-order valence-corrected chi connectivity index (χ0v) is 8.76. The van der Waals surface area contributed by atoms with Gasteiger partial charge in [-0.1, -0.05) is 6.92 Å². The molecule has 0 saturated heterocycles. The van der Waals surface area contributed by atoms with Crippen molar-refractivity contribution >= 4 is 18.2 Å². The van der Waals surface area contributed by atoms with E-state index in [1.165, 1.54) is 6.41 Å². The van der Waals surface area contributed by atoms with Crippen molar-refractivity contribution in [2.24, 2.45) is 0 Å². The van der Waals surface area contributed by atoms with E-state index in [-0.39, 0.29) is 31.3 Å². The molecule has 1 radical (unpaired) electrons. The van der Waals surface area contributed by atoms with Crippen LogP contribution in [0.25, 0.3) is 0 Å². The molecule has 0 fully saturated rings. The van der Waals surface area contributed by atoms with Crippen LogP contribution in [0.15, 0.2) is 0 Å². The topological polar surface area (TPSA) is 87.3 Å². The van der Waals surface area contributed by atoms with Gasteiger partial charge in [-0.05, 0) is 6.42 Å². The van der Waals surface area contributed by atoms with Crippen molar-refractivity contribution < 1.29 is 14.4 Å². The molecule has 0 heterocycles. The van der Waals surface area contributed by atoms with Crippen molar-refractivity contribution in [3.8, 4) is 0 Å². The molecule has 3 N–H and O–H groups in total. The molecule has 0 spiro atoms. The van der Waals surface area contributed by atoms with Crippen molar-refractivity contribution in [1.29, 1.82) is 0 Å². The second kappa shape index (κ2) is 8.98. The Bertz CT molecular complexity index is 219. The molecule has 0 aliphatic rings. The second-order valence-corrected chi connectivity index (χ2v) is 2.91. The molecule has 0 aromatic heterocycles. The number of amides is 3. The van der Waals surface area contributed by atoms with Crippen molar-refractivity contribution in [2.45, 2.75) is 19.8 Å². The minimum absolute atomic E-state index is 0.0907. The number of hydrogen-bond acceptors (Lipinski definition) is 3. The Hall–Kier alpha value is -1.59. The Kier molecular flexibility index (Phi) is 8.03. The molecule has 6 heteroatoms. The average molecular weight is 214 g/mol. The monoisotopic (exact) mass is 214 g/mol. The maximum atomic E-state index is 11.1. The van der Waals surface area contributed by atoms with Gasteiger partial charge in [0.1, 0.15) is 0 Å². The van der Waals surface area contributed by atoms with E-state index >= 15 is 0 Å². The second-order valence-electron chi connectivity index (χ2n) is 2.91. The van der Waals surface area contributed by atoms with Crippen LogP contribution in [0.3, 0.4) is 0 Å². The average Bonchev–Trinajstić information content (AvgIpc) is 2.23. The van der Waals surface area contributed by atoms with E-state index in [9.17, 15) is 14.4 Å². The fraction of sp³-hybridized carbons (Fsp3) is 0.667. The predicted octanol–water partition coefficient (Wildman–Crippen LogP) is -1.32. The third kappa shape index (κ3) is 8.73. The van der Waals surface area contributed by atoms with Gasteiger partial charge in [-0.25, -0.2) is 0 Å². The molecule has 0 unspecified atom stereocenters. The van der Waals surface area contributed by atoms with Gasteiger partial charge in [-0.15, -0.1) is 0 Å². The van der Waals surface area contributed by atoms with Crippen LogP contribution in [0.4, 0.5) is 0 Å². The standard InChI is InChI=1S/C9H16N3O3/c1-2-4-11-8(14)3-5-12-9(15)6-10-7-13/h2-6H2,1H3,(H,10,13)(H,11,14)(H,12,15). The molecular weight excluding hydrogens is 198 g/mol. The van der Waals surface area contributed by atoms with E-state index in [0.717, 1.165) is 6.42 Å². The Morgan fingerprint density at radius 1 is 1.13 bits per heavy atom. The third-order valence-corrected chi connectivity index (χ3v) is 1.57. The fourth-order valence-corrected chi connectivity index (χ4v) is 0.847. The van der Waals surface area contributed by atoms with Crippen LogP contribution >= 0.6 is 0 Å². The highest BCUT2D eigenvalue weighted by Crippen LogP contribution is 1.78. The Balaban J connectivity index is 3.39. The number of rotatable bonds is 8. The molecule has 0 rings (SSSR count). The van der Waals surface area contributed by atoms with Crippen molar-refractivity contribution in [1.82, 2.24) is 16.0 Å². The van der Waals surface area contributed by atoms with E-state index in [0.29, 0.717) is 6.54 Å². The molecular formula is C9H16N3O3. The van der Waals surface area contributed by atoms with E-state index < -0.39 is 0 Å². The van der Waals surface area contributed by atoms with Gasteiger partial charge >= 0.3 is 6.41 Å². The molecule has 0 aromatic carbocycles. The molecule has 0 aliphatic carbocycles. The van der Waals surface area contributed by atoms with Crippen LogP contribution in [-0.2, 0) is 14.4 Å². The van der Waals surface area contributed by atoms with Crippen LogP contribution in [0, 0.1) is 0 Å². The highest BCUT2D eigenvalue weighted by Gasteiger charge is 2.02. The van der Waals surface area contributed by atoms with Gasteiger partial charge in [0, 0.05) is 19.5 Å². The lowest BCUT2D eigenvalue weighted by molar-refractivity contribution is -0.121. The van der Waals surface area contributed by atoms with Gasteiger partial charge in [-0.2, -0.15) is 0 Å². The number of hydrogen-bond donors (Lipinski definition) is 3. The molecule has 6 nitrogen and oxygen atoms in total. The Morgan fingerprint density at radius 2 is 1.80 bits per heavy atom. The van der Waals surface area contributed by atoms with Gasteiger partial charge in [0.05, 0.1) is 6.54 Å². The summed E-state index contributed by atoms with van der Waals surface area (Å²) in [6, 6.07) is 0. The summed E-state index contributed by atoms with van der Waals surface area (Å²) < 4.78 is 0. The first-order valence-electron chi connectivity index (χ1n) is 4.84. The van der Waals surface area contributed by atoms with Gasteiger partial charge in [-0.3, -0.25) is 14.4 Å². The first-order chi connectivity index (χ1) is 7.20. The van der Waals surface area contributed by atoms with Gasteiger partial charge < -0.3 is 16.0 Å². The molecule has 3 amide bonds. The van der Waals surface area contributed by atoms with Gasteiger partial charge in [0.25, 0.3) is 0 Å². The molecule has 0 bridgehead atoms. The number of nitrogens with one attached hydrogen (secondary N) is 3. The van der Waals surface area contributed by atoms with E-state index in [4.69, 9.17) is 0 Å². The van der Waals surface area contributed by atoms with Crippen LogP contribution in [0.5, 0.6) is 0 Å². The normalized spacial score (nSPS) is 9.13. The summed E-state index contributed by atoms with van der Waals surface area (Å²) in [5.74, 6) is -0.422. The maximum absolute atomic E-state index is 11.1. The lowest BCUT2D eigenvalue weighted by Gasteiger charge is -2.05. The maximum Gasteiger partial charge on any atom is 0.309 e. The van der Waals surface area contributed by atoms with Gasteiger partial charge in [0.15, 0.2) is 0 Å². The largest absolute Gasteiger partial charge is 0.356 e. The molecule has 0 atom stereocenters. The summed E-state index contributed by atoms with van der Waals surface area (Å²) in [5, 5.41) is 7.27. The molecule has 85 valence electrons. The minimum atomic E-state index is -0.332. The molecule has 0 aliphatic heterocycles. The lowest BCUT2D eigenvalue weighted by Crippen LogP contribution is -2.36. The first kappa shape index (κ1) is 13.4. The third-order valence-electron chi connectivity index (χ3n) is 1.57. The molecule has 0 aromatic rings. The first-order valence-corrected chi connectivity index (χ1v) is 4.84. The summed E-state index contributed by atoms with van der Waals surface area (Å²) in [5.41, 5.74) is 0. The zero-order chi connectivity index (χ0) is 11.5. The Morgan fingerprint density at radius 3 is 2.40 bits per heavy atom. The summed E-state index contributed by atoms with van der Waals surface area (Å²) in [6.07, 6.45) is 2.52. The fourth-order valence-electron chi connectivity index (χ4n) is 0.847. The molecule has 0 saturated carbocycles.